The average molecular weight is 481 g/mol. The summed E-state index contributed by atoms with van der Waals surface area (Å²) in [6.45, 7) is 3.06. The Morgan fingerprint density at radius 3 is 2.53 bits per heavy atom. The van der Waals surface area contributed by atoms with Gasteiger partial charge in [0, 0.05) is 11.1 Å². The largest absolute Gasteiger partial charge is 0.363 e. The van der Waals surface area contributed by atoms with Crippen molar-refractivity contribution in [3.8, 4) is 0 Å². The molecule has 2 aromatic heterocycles. The Labute approximate surface area is 190 Å². The van der Waals surface area contributed by atoms with E-state index in [1.807, 2.05) is 6.07 Å². The maximum Gasteiger partial charge on any atom is 0.166 e. The smallest absolute Gasteiger partial charge is 0.166 e. The first-order valence-electron chi connectivity index (χ1n) is 10.4. The number of nitrogens with zero attached hydrogens (tertiary/aromatic N) is 3. The number of aromatic nitrogens is 3. The number of rotatable bonds is 5. The molecule has 4 rings (SSSR count). The second kappa shape index (κ2) is 8.86. The predicted octanol–water partition coefficient (Wildman–Crippen LogP) is 5.31. The van der Waals surface area contributed by atoms with Crippen LogP contribution in [-0.4, -0.2) is 34.9 Å². The lowest BCUT2D eigenvalue weighted by Crippen LogP contribution is -2.22. The third-order valence-corrected chi connectivity index (χ3v) is 7.92. The van der Waals surface area contributed by atoms with Crippen LogP contribution in [0.25, 0.3) is 11.0 Å². The first kappa shape index (κ1) is 22.8. The number of sulfone groups is 1. The van der Waals surface area contributed by atoms with Crippen molar-refractivity contribution in [1.29, 1.82) is 0 Å². The van der Waals surface area contributed by atoms with Gasteiger partial charge >= 0.3 is 0 Å². The molecule has 1 unspecified atom stereocenters. The van der Waals surface area contributed by atoms with Gasteiger partial charge in [-0.05, 0) is 44.2 Å². The zero-order valence-electron chi connectivity index (χ0n) is 17.6. The lowest BCUT2D eigenvalue weighted by Gasteiger charge is -2.23. The molecule has 1 aliphatic rings. The second-order valence-electron chi connectivity index (χ2n) is 8.12. The maximum atomic E-state index is 14.8. The van der Waals surface area contributed by atoms with Crippen molar-refractivity contribution in [3.05, 3.63) is 58.3 Å². The van der Waals surface area contributed by atoms with Crippen LogP contribution in [0.1, 0.15) is 61.5 Å². The number of benzene rings is 1. The third-order valence-electron chi connectivity index (χ3n) is 5.91. The van der Waals surface area contributed by atoms with Crippen LogP contribution >= 0.6 is 11.6 Å². The number of halogens is 3. The summed E-state index contributed by atoms with van der Waals surface area (Å²) in [6.07, 6.45) is 0.864. The zero-order chi connectivity index (χ0) is 23.0. The highest BCUT2D eigenvalue weighted by Crippen LogP contribution is 2.36. The van der Waals surface area contributed by atoms with Crippen LogP contribution in [0.15, 0.2) is 30.6 Å². The van der Waals surface area contributed by atoms with Gasteiger partial charge in [0.15, 0.2) is 5.65 Å². The van der Waals surface area contributed by atoms with Crippen LogP contribution in [0.5, 0.6) is 0 Å². The molecule has 6 nitrogen and oxygen atoms in total. The molecule has 0 saturated carbocycles. The summed E-state index contributed by atoms with van der Waals surface area (Å²) in [5.41, 5.74) is 1.45. The number of anilines is 1. The van der Waals surface area contributed by atoms with E-state index in [1.165, 1.54) is 19.3 Å². The van der Waals surface area contributed by atoms with Gasteiger partial charge in [0.2, 0.25) is 0 Å². The Kier molecular flexibility index (Phi) is 6.31. The zero-order valence-corrected chi connectivity index (χ0v) is 19.2. The lowest BCUT2D eigenvalue weighted by atomic mass is 9.94. The van der Waals surface area contributed by atoms with Crippen LogP contribution in [0.2, 0.25) is 5.15 Å². The number of fused-ring (bicyclic) bond motifs is 1. The molecule has 0 spiro atoms. The Hall–Kier alpha value is -2.39. The molecule has 0 radical (unpaired) electrons. The van der Waals surface area contributed by atoms with Crippen molar-refractivity contribution in [2.75, 3.05) is 16.8 Å². The molecule has 0 amide bonds. The molecule has 3 aromatic rings. The summed E-state index contributed by atoms with van der Waals surface area (Å²) in [7, 11) is -3.01. The summed E-state index contributed by atoms with van der Waals surface area (Å²) in [6, 6.07) is 5.98. The molecule has 1 fully saturated rings. The van der Waals surface area contributed by atoms with Crippen molar-refractivity contribution in [2.24, 2.45) is 0 Å². The van der Waals surface area contributed by atoms with Crippen LogP contribution in [0.4, 0.5) is 14.6 Å². The van der Waals surface area contributed by atoms with E-state index in [1.54, 1.807) is 19.1 Å². The molecule has 0 bridgehead atoms. The molecule has 170 valence electrons. The Balaban J connectivity index is 1.69. The van der Waals surface area contributed by atoms with Gasteiger partial charge in [-0.2, -0.15) is 0 Å². The molecular weight excluding hydrogens is 458 g/mol. The second-order valence-corrected chi connectivity index (χ2v) is 10.8. The molecular formula is C22H23ClF2N4O2S. The quantitative estimate of drug-likeness (QED) is 0.498. The highest BCUT2D eigenvalue weighted by Gasteiger charge is 2.27. The number of hydrogen-bond donors (Lipinski definition) is 1. The molecule has 10 heteroatoms. The lowest BCUT2D eigenvalue weighted by molar-refractivity contribution is 0.360. The fraction of sp³-hybridized carbons (Fsp3) is 0.409. The first-order chi connectivity index (χ1) is 15.2. The van der Waals surface area contributed by atoms with Gasteiger partial charge in [-0.25, -0.2) is 32.2 Å². The summed E-state index contributed by atoms with van der Waals surface area (Å²) >= 11 is 6.40. The van der Waals surface area contributed by atoms with Gasteiger partial charge in [-0.15, -0.1) is 0 Å². The number of pyridine rings is 1. The maximum absolute atomic E-state index is 14.8. The fourth-order valence-corrected chi connectivity index (χ4v) is 5.86. The van der Waals surface area contributed by atoms with E-state index < -0.39 is 27.9 Å². The first-order valence-corrected chi connectivity index (χ1v) is 12.6. The minimum atomic E-state index is -3.01. The van der Waals surface area contributed by atoms with Crippen molar-refractivity contribution >= 4 is 38.3 Å². The van der Waals surface area contributed by atoms with E-state index in [9.17, 15) is 17.2 Å². The van der Waals surface area contributed by atoms with E-state index in [-0.39, 0.29) is 28.1 Å². The van der Waals surface area contributed by atoms with E-state index in [0.717, 1.165) is 5.56 Å². The summed E-state index contributed by atoms with van der Waals surface area (Å²) < 4.78 is 52.2. The minimum absolute atomic E-state index is 0.00619. The summed E-state index contributed by atoms with van der Waals surface area (Å²) in [5.74, 6) is 0.0404. The molecule has 32 heavy (non-hydrogen) atoms. The monoisotopic (exact) mass is 480 g/mol. The van der Waals surface area contributed by atoms with Gasteiger partial charge in [0.25, 0.3) is 0 Å². The van der Waals surface area contributed by atoms with E-state index in [0.29, 0.717) is 35.3 Å². The minimum Gasteiger partial charge on any atom is -0.363 e. The topological polar surface area (TPSA) is 84.8 Å². The highest BCUT2D eigenvalue weighted by atomic mass is 35.5. The van der Waals surface area contributed by atoms with Gasteiger partial charge in [-0.3, -0.25) is 0 Å². The number of hydrogen-bond acceptors (Lipinski definition) is 6. The van der Waals surface area contributed by atoms with Crippen molar-refractivity contribution in [1.82, 2.24) is 15.0 Å². The Morgan fingerprint density at radius 1 is 1.16 bits per heavy atom. The van der Waals surface area contributed by atoms with E-state index in [4.69, 9.17) is 11.6 Å². The molecule has 1 aliphatic heterocycles. The van der Waals surface area contributed by atoms with Crippen molar-refractivity contribution in [2.45, 2.75) is 44.8 Å². The van der Waals surface area contributed by atoms with Gasteiger partial charge < -0.3 is 5.32 Å². The summed E-state index contributed by atoms with van der Waals surface area (Å²) in [5, 5.41) is 4.07. The third kappa shape index (κ3) is 4.54. The normalized spacial score (nSPS) is 18.4. The molecule has 0 aliphatic carbocycles. The van der Waals surface area contributed by atoms with Crippen LogP contribution < -0.4 is 5.32 Å². The highest BCUT2D eigenvalue weighted by molar-refractivity contribution is 7.91. The molecule has 3 heterocycles. The molecule has 1 aromatic carbocycles. The van der Waals surface area contributed by atoms with Gasteiger partial charge in [0.05, 0.1) is 22.9 Å². The van der Waals surface area contributed by atoms with E-state index >= 15 is 0 Å². The SMILES string of the molecule is CC(F)c1cccc([C@@H](C)Nc2ncnc3nc(Cl)c(C4CCS(=O)(=O)CC4)cc23)c1F. The Bertz CT molecular complexity index is 1260. The van der Waals surface area contributed by atoms with Crippen molar-refractivity contribution in [3.63, 3.8) is 0 Å². The van der Waals surface area contributed by atoms with Crippen LogP contribution in [0, 0.1) is 5.82 Å². The van der Waals surface area contributed by atoms with Crippen LogP contribution in [0.3, 0.4) is 0 Å². The number of alkyl halides is 1. The fourth-order valence-electron chi connectivity index (χ4n) is 4.08. The molecule has 1 N–H and O–H groups in total. The van der Waals surface area contributed by atoms with Crippen LogP contribution in [-0.2, 0) is 9.84 Å². The average Bonchev–Trinajstić information content (AvgIpc) is 2.73. The standard InChI is InChI=1S/C22H23ClF2N4O2S/c1-12(24)15-4-3-5-16(19(15)25)13(2)28-21-18-10-17(14-6-8-32(30,31)9-7-14)20(23)29-22(18)27-11-26-21/h3-5,10-14H,6-9H2,1-2H3,(H,26,27,28,29)/t12?,13-/m1/s1. The van der Waals surface area contributed by atoms with E-state index in [2.05, 4.69) is 20.3 Å². The predicted molar refractivity (Wildman–Crippen MR) is 121 cm³/mol. The molecule has 1 saturated heterocycles. The van der Waals surface area contributed by atoms with Gasteiger partial charge in [0.1, 0.15) is 39.1 Å². The van der Waals surface area contributed by atoms with Gasteiger partial charge in [-0.1, -0.05) is 29.8 Å². The number of nitrogens with one attached hydrogen (secondary N) is 1. The Morgan fingerprint density at radius 2 is 1.84 bits per heavy atom. The summed E-state index contributed by atoms with van der Waals surface area (Å²) in [4.78, 5) is 12.9. The molecule has 2 atom stereocenters. The van der Waals surface area contributed by atoms with Crippen molar-refractivity contribution < 1.29 is 17.2 Å².